The van der Waals surface area contributed by atoms with Crippen molar-refractivity contribution in [3.63, 3.8) is 0 Å². The molecule has 0 fully saturated rings. The lowest BCUT2D eigenvalue weighted by Crippen LogP contribution is -2.19. The second-order valence-electron chi connectivity index (χ2n) is 3.27. The molecule has 0 bridgehead atoms. The van der Waals surface area contributed by atoms with Crippen LogP contribution in [0.2, 0.25) is 0 Å². The minimum absolute atomic E-state index is 0.649. The average molecular weight is 338 g/mol. The lowest BCUT2D eigenvalue weighted by molar-refractivity contribution is -0.134. The molecule has 0 saturated carbocycles. The van der Waals surface area contributed by atoms with E-state index in [9.17, 15) is 4.79 Å². The first-order chi connectivity index (χ1) is 9.05. The summed E-state index contributed by atoms with van der Waals surface area (Å²) in [5, 5.41) is 20.0. The molecule has 1 rings (SSSR count). The number of esters is 1. The number of methoxy groups -OCH3 is 1. The summed E-state index contributed by atoms with van der Waals surface area (Å²) < 4.78 is 5.29. The van der Waals surface area contributed by atoms with Gasteiger partial charge in [-0.1, -0.05) is 0 Å². The Morgan fingerprint density at radius 2 is 2.26 bits per heavy atom. The van der Waals surface area contributed by atoms with Gasteiger partial charge in [-0.15, -0.1) is 11.3 Å². The van der Waals surface area contributed by atoms with Gasteiger partial charge in [0.05, 0.1) is 7.11 Å². The number of rotatable bonds is 4. The number of nitriles is 2. The van der Waals surface area contributed by atoms with Gasteiger partial charge in [-0.2, -0.15) is 10.5 Å². The second kappa shape index (κ2) is 6.83. The number of ether oxygens (including phenoxy) is 1. The van der Waals surface area contributed by atoms with Crippen molar-refractivity contribution in [3.05, 3.63) is 32.9 Å². The molecule has 19 heavy (non-hydrogen) atoms. The van der Waals surface area contributed by atoms with Gasteiger partial charge in [0, 0.05) is 27.0 Å². The number of aliphatic imine (C=N–C) groups is 1. The second-order valence-corrected chi connectivity index (χ2v) is 5.13. The highest BCUT2D eigenvalue weighted by molar-refractivity contribution is 9.10. The summed E-state index contributed by atoms with van der Waals surface area (Å²) in [5.74, 6) is -0.649. The smallest absolute Gasteiger partial charge is 0.330 e. The molecule has 1 aromatic rings. The molecule has 0 saturated heterocycles. The number of carbonyl (C=O) groups excluding carboxylic acids is 1. The molecule has 0 aliphatic heterocycles. The van der Waals surface area contributed by atoms with E-state index in [0.29, 0.717) is 0 Å². The lowest BCUT2D eigenvalue weighted by atomic mass is 10.0. The zero-order valence-corrected chi connectivity index (χ0v) is 12.2. The quantitative estimate of drug-likeness (QED) is 0.479. The third-order valence-electron chi connectivity index (χ3n) is 1.99. The number of nitrogens with zero attached hydrogens (tertiary/aromatic N) is 3. The van der Waals surface area contributed by atoms with Crippen LogP contribution in [0.4, 0.5) is 0 Å². The van der Waals surface area contributed by atoms with Crippen LogP contribution >= 0.6 is 27.3 Å². The van der Waals surface area contributed by atoms with Crippen LogP contribution in [0.25, 0.3) is 0 Å². The topological polar surface area (TPSA) is 86.2 Å². The van der Waals surface area contributed by atoms with Gasteiger partial charge < -0.3 is 4.74 Å². The van der Waals surface area contributed by atoms with Crippen molar-refractivity contribution >= 4 is 39.5 Å². The predicted octanol–water partition coefficient (Wildman–Crippen LogP) is 2.44. The minimum atomic E-state index is -1.73. The van der Waals surface area contributed by atoms with Crippen LogP contribution in [0.1, 0.15) is 4.88 Å². The third-order valence-corrected chi connectivity index (χ3v) is 3.61. The Morgan fingerprint density at radius 1 is 1.58 bits per heavy atom. The van der Waals surface area contributed by atoms with E-state index in [2.05, 4.69) is 25.7 Å². The summed E-state index contributed by atoms with van der Waals surface area (Å²) in [6.07, 6.45) is 3.54. The lowest BCUT2D eigenvalue weighted by Gasteiger charge is -2.06. The van der Waals surface area contributed by atoms with Crippen LogP contribution in [0, 0.1) is 22.7 Å². The molecule has 0 aliphatic rings. The Kier molecular flexibility index (Phi) is 5.43. The highest BCUT2D eigenvalue weighted by Crippen LogP contribution is 2.19. The van der Waals surface area contributed by atoms with Gasteiger partial charge >= 0.3 is 5.97 Å². The number of hydrogen-bond acceptors (Lipinski definition) is 6. The van der Waals surface area contributed by atoms with Crippen molar-refractivity contribution in [2.75, 3.05) is 7.11 Å². The van der Waals surface area contributed by atoms with Crippen molar-refractivity contribution in [1.82, 2.24) is 0 Å². The molecule has 5 nitrogen and oxygen atoms in total. The van der Waals surface area contributed by atoms with E-state index in [-0.39, 0.29) is 0 Å². The van der Waals surface area contributed by atoms with Gasteiger partial charge in [0.25, 0.3) is 5.54 Å². The van der Waals surface area contributed by atoms with Crippen molar-refractivity contribution in [2.45, 2.75) is 5.54 Å². The Labute approximate surface area is 122 Å². The van der Waals surface area contributed by atoms with Crippen LogP contribution < -0.4 is 0 Å². The molecule has 0 N–H and O–H groups in total. The van der Waals surface area contributed by atoms with Crippen LogP contribution in [-0.4, -0.2) is 24.8 Å². The fraction of sp³-hybridized carbons (Fsp3) is 0.167. The van der Waals surface area contributed by atoms with Gasteiger partial charge in [0.2, 0.25) is 0 Å². The van der Waals surface area contributed by atoms with Gasteiger partial charge in [-0.3, -0.25) is 4.99 Å². The Bertz CT molecular complexity index is 593. The molecule has 0 aliphatic carbocycles. The van der Waals surface area contributed by atoms with E-state index >= 15 is 0 Å². The van der Waals surface area contributed by atoms with Gasteiger partial charge in [0.1, 0.15) is 12.1 Å². The largest absolute Gasteiger partial charge is 0.466 e. The predicted molar refractivity (Wildman–Crippen MR) is 74.7 cm³/mol. The first kappa shape index (κ1) is 15.1. The molecule has 1 aromatic heterocycles. The standard InChI is InChI=1S/C12H8BrN3O2S/c1-18-11(17)2-3-12(7-14,8-15)16-5-10-4-9(13)6-19-10/h2-6H,1H3. The van der Waals surface area contributed by atoms with Gasteiger partial charge in [0.15, 0.2) is 0 Å². The van der Waals surface area contributed by atoms with Gasteiger partial charge in [-0.05, 0) is 28.1 Å². The monoisotopic (exact) mass is 337 g/mol. The molecule has 1 heterocycles. The van der Waals surface area contributed by atoms with Crippen molar-refractivity contribution in [1.29, 1.82) is 10.5 Å². The molecule has 0 unspecified atom stereocenters. The zero-order valence-electron chi connectivity index (χ0n) is 9.83. The Morgan fingerprint density at radius 3 is 2.74 bits per heavy atom. The molecule has 0 aromatic carbocycles. The first-order valence-corrected chi connectivity index (χ1v) is 6.61. The summed E-state index contributed by atoms with van der Waals surface area (Å²) in [6.45, 7) is 0. The summed E-state index contributed by atoms with van der Waals surface area (Å²) >= 11 is 4.70. The number of halogens is 1. The molecule has 0 atom stereocenters. The fourth-order valence-electron chi connectivity index (χ4n) is 1.02. The van der Waals surface area contributed by atoms with Crippen molar-refractivity contribution < 1.29 is 9.53 Å². The maximum atomic E-state index is 11.0. The number of carbonyl (C=O) groups is 1. The van der Waals surface area contributed by atoms with Crippen molar-refractivity contribution in [2.24, 2.45) is 4.99 Å². The van der Waals surface area contributed by atoms with E-state index in [1.165, 1.54) is 24.7 Å². The van der Waals surface area contributed by atoms with Crippen LogP contribution in [0.3, 0.4) is 0 Å². The summed E-state index contributed by atoms with van der Waals surface area (Å²) in [5.41, 5.74) is -1.73. The summed E-state index contributed by atoms with van der Waals surface area (Å²) in [6, 6.07) is 5.33. The molecular weight excluding hydrogens is 330 g/mol. The van der Waals surface area contributed by atoms with E-state index in [1.807, 2.05) is 5.38 Å². The number of thiophene rings is 1. The molecule has 0 radical (unpaired) electrons. The van der Waals surface area contributed by atoms with E-state index in [4.69, 9.17) is 10.5 Å². The normalized spacial score (nSPS) is 11.4. The first-order valence-electron chi connectivity index (χ1n) is 4.94. The maximum absolute atomic E-state index is 11.0. The molecule has 96 valence electrons. The summed E-state index contributed by atoms with van der Waals surface area (Å²) in [7, 11) is 1.21. The SMILES string of the molecule is COC(=O)C=CC(C#N)(C#N)N=Cc1cc(Br)cs1. The Balaban J connectivity index is 2.98. The minimum Gasteiger partial charge on any atom is -0.466 e. The summed E-state index contributed by atoms with van der Waals surface area (Å²) in [4.78, 5) is 15.7. The zero-order chi connectivity index (χ0) is 14.3. The highest BCUT2D eigenvalue weighted by Gasteiger charge is 2.25. The molecule has 0 spiro atoms. The Hall–Kier alpha value is -1.96. The van der Waals surface area contributed by atoms with Crippen molar-refractivity contribution in [3.8, 4) is 12.1 Å². The molecular formula is C12H8BrN3O2S. The van der Waals surface area contributed by atoms with Crippen LogP contribution in [0.15, 0.2) is 33.1 Å². The van der Waals surface area contributed by atoms with Crippen LogP contribution in [0.5, 0.6) is 0 Å². The van der Waals surface area contributed by atoms with E-state index in [0.717, 1.165) is 21.5 Å². The number of hydrogen-bond donors (Lipinski definition) is 0. The highest BCUT2D eigenvalue weighted by atomic mass is 79.9. The van der Waals surface area contributed by atoms with Crippen LogP contribution in [-0.2, 0) is 9.53 Å². The fourth-order valence-corrected chi connectivity index (χ4v) is 2.32. The van der Waals surface area contributed by atoms with E-state index < -0.39 is 11.5 Å². The van der Waals surface area contributed by atoms with Gasteiger partial charge in [-0.25, -0.2) is 4.79 Å². The third kappa shape index (κ3) is 4.32. The average Bonchev–Trinajstić information content (AvgIpc) is 2.85. The maximum Gasteiger partial charge on any atom is 0.330 e. The van der Waals surface area contributed by atoms with E-state index in [1.54, 1.807) is 18.2 Å². The molecule has 0 amide bonds. The molecule has 7 heteroatoms.